The zero-order chi connectivity index (χ0) is 22.1. The Morgan fingerprint density at radius 1 is 1.03 bits per heavy atom. The Hall–Kier alpha value is -2.27. The van der Waals surface area contributed by atoms with Crippen molar-refractivity contribution in [2.24, 2.45) is 0 Å². The number of benzene rings is 2. The minimum absolute atomic E-state index is 0.0660. The first-order valence-electron chi connectivity index (χ1n) is 11.5. The summed E-state index contributed by atoms with van der Waals surface area (Å²) in [6.07, 6.45) is 8.97. The predicted octanol–water partition coefficient (Wildman–Crippen LogP) is 6.85. The summed E-state index contributed by atoms with van der Waals surface area (Å²) in [7, 11) is 0. The van der Waals surface area contributed by atoms with Gasteiger partial charge in [0.1, 0.15) is 5.37 Å². The highest BCUT2D eigenvalue weighted by Crippen LogP contribution is 2.42. The molecule has 1 fully saturated rings. The van der Waals surface area contributed by atoms with Gasteiger partial charge in [0.25, 0.3) is 0 Å². The van der Waals surface area contributed by atoms with Crippen molar-refractivity contribution < 1.29 is 9.59 Å². The largest absolute Gasteiger partial charge is 0.326 e. The molecule has 31 heavy (non-hydrogen) atoms. The predicted molar refractivity (Wildman–Crippen MR) is 132 cm³/mol. The van der Waals surface area contributed by atoms with Crippen LogP contribution in [-0.2, 0) is 9.59 Å². The van der Waals surface area contributed by atoms with E-state index in [1.807, 2.05) is 60.4 Å². The number of thioether (sulfide) groups is 1. The summed E-state index contributed by atoms with van der Waals surface area (Å²) in [5.41, 5.74) is 3.92. The first-order chi connectivity index (χ1) is 15.1. The molecule has 1 heterocycles. The second-order valence-electron chi connectivity index (χ2n) is 8.31. The van der Waals surface area contributed by atoms with Gasteiger partial charge in [-0.15, -0.1) is 11.8 Å². The highest BCUT2D eigenvalue weighted by molar-refractivity contribution is 8.00. The van der Waals surface area contributed by atoms with Crippen molar-refractivity contribution in [3.63, 3.8) is 0 Å². The molecule has 0 saturated carbocycles. The number of rotatable bonds is 11. The fourth-order valence-electron chi connectivity index (χ4n) is 3.89. The van der Waals surface area contributed by atoms with Crippen LogP contribution >= 0.6 is 11.8 Å². The van der Waals surface area contributed by atoms with Crippen LogP contribution in [0.4, 0.5) is 11.4 Å². The van der Waals surface area contributed by atoms with Crippen molar-refractivity contribution in [3.05, 3.63) is 59.7 Å². The zero-order valence-electron chi connectivity index (χ0n) is 18.7. The summed E-state index contributed by atoms with van der Waals surface area (Å²) in [4.78, 5) is 26.8. The van der Waals surface area contributed by atoms with Gasteiger partial charge in [0.2, 0.25) is 11.8 Å². The highest BCUT2D eigenvalue weighted by atomic mass is 32.2. The maximum atomic E-state index is 12.6. The van der Waals surface area contributed by atoms with Crippen molar-refractivity contribution in [1.82, 2.24) is 0 Å². The van der Waals surface area contributed by atoms with Crippen LogP contribution in [0.25, 0.3) is 0 Å². The number of hydrogen-bond acceptors (Lipinski definition) is 3. The Morgan fingerprint density at radius 3 is 2.48 bits per heavy atom. The molecule has 1 aliphatic heterocycles. The van der Waals surface area contributed by atoms with Crippen molar-refractivity contribution in [2.75, 3.05) is 16.0 Å². The van der Waals surface area contributed by atoms with Crippen LogP contribution in [-0.4, -0.2) is 17.6 Å². The van der Waals surface area contributed by atoms with Crippen LogP contribution in [0, 0.1) is 6.92 Å². The zero-order valence-corrected chi connectivity index (χ0v) is 19.5. The monoisotopic (exact) mass is 438 g/mol. The summed E-state index contributed by atoms with van der Waals surface area (Å²) < 4.78 is 0. The molecule has 1 atom stereocenters. The van der Waals surface area contributed by atoms with Crippen LogP contribution < -0.4 is 10.2 Å². The van der Waals surface area contributed by atoms with E-state index >= 15 is 0 Å². The van der Waals surface area contributed by atoms with Gasteiger partial charge in [0.15, 0.2) is 0 Å². The molecule has 3 rings (SSSR count). The SMILES string of the molecule is CCCCCCCCCC(=O)Nc1cccc(C2SCC(=O)N2c2ccc(C)cc2)c1. The number of carbonyl (C=O) groups is 2. The lowest BCUT2D eigenvalue weighted by atomic mass is 10.1. The summed E-state index contributed by atoms with van der Waals surface area (Å²) in [6.45, 7) is 4.27. The van der Waals surface area contributed by atoms with E-state index in [4.69, 9.17) is 0 Å². The molecular formula is C26H34N2O2S. The van der Waals surface area contributed by atoms with Gasteiger partial charge >= 0.3 is 0 Å². The van der Waals surface area contributed by atoms with Gasteiger partial charge in [-0.1, -0.05) is 75.3 Å². The van der Waals surface area contributed by atoms with E-state index in [0.717, 1.165) is 29.8 Å². The van der Waals surface area contributed by atoms with Crippen molar-refractivity contribution in [1.29, 1.82) is 0 Å². The van der Waals surface area contributed by atoms with Gasteiger partial charge in [-0.05, 0) is 43.2 Å². The fourth-order valence-corrected chi connectivity index (χ4v) is 5.06. The maximum Gasteiger partial charge on any atom is 0.238 e. The van der Waals surface area contributed by atoms with E-state index in [0.29, 0.717) is 12.2 Å². The lowest BCUT2D eigenvalue weighted by molar-refractivity contribution is -0.117. The van der Waals surface area contributed by atoms with E-state index in [2.05, 4.69) is 12.2 Å². The number of nitrogens with one attached hydrogen (secondary N) is 1. The molecule has 1 saturated heterocycles. The first-order valence-corrected chi connectivity index (χ1v) is 12.5. The third-order valence-corrected chi connectivity index (χ3v) is 6.86. The number of anilines is 2. The average Bonchev–Trinajstić information content (AvgIpc) is 3.15. The number of amides is 2. The number of carbonyl (C=O) groups excluding carboxylic acids is 2. The van der Waals surface area contributed by atoms with Crippen LogP contribution in [0.5, 0.6) is 0 Å². The molecule has 0 aromatic heterocycles. The van der Waals surface area contributed by atoms with Gasteiger partial charge in [-0.25, -0.2) is 0 Å². The Labute approximate surface area is 190 Å². The van der Waals surface area contributed by atoms with E-state index < -0.39 is 0 Å². The molecule has 1 unspecified atom stereocenters. The fraction of sp³-hybridized carbons (Fsp3) is 0.462. The Bertz CT molecular complexity index is 866. The summed E-state index contributed by atoms with van der Waals surface area (Å²) in [6, 6.07) is 16.0. The lowest BCUT2D eigenvalue weighted by Gasteiger charge is -2.25. The van der Waals surface area contributed by atoms with E-state index in [1.54, 1.807) is 11.8 Å². The Morgan fingerprint density at radius 2 is 1.74 bits per heavy atom. The van der Waals surface area contributed by atoms with Crippen LogP contribution in [0.3, 0.4) is 0 Å². The van der Waals surface area contributed by atoms with E-state index in [-0.39, 0.29) is 17.2 Å². The molecule has 166 valence electrons. The van der Waals surface area contributed by atoms with Gasteiger partial charge in [-0.2, -0.15) is 0 Å². The second kappa shape index (κ2) is 11.9. The normalized spacial score (nSPS) is 16.0. The lowest BCUT2D eigenvalue weighted by Crippen LogP contribution is -2.27. The average molecular weight is 439 g/mol. The number of aryl methyl sites for hydroxylation is 1. The third-order valence-electron chi connectivity index (χ3n) is 5.64. The first kappa shape index (κ1) is 23.4. The maximum absolute atomic E-state index is 12.6. The molecular weight excluding hydrogens is 404 g/mol. The Kier molecular flexibility index (Phi) is 9.01. The Balaban J connectivity index is 1.56. The molecule has 2 amide bonds. The topological polar surface area (TPSA) is 49.4 Å². The molecule has 0 spiro atoms. The minimum atomic E-state index is -0.0739. The number of hydrogen-bond donors (Lipinski definition) is 1. The van der Waals surface area contributed by atoms with Gasteiger partial charge in [0, 0.05) is 17.8 Å². The molecule has 4 nitrogen and oxygen atoms in total. The highest BCUT2D eigenvalue weighted by Gasteiger charge is 2.34. The van der Waals surface area contributed by atoms with Crippen molar-refractivity contribution in [3.8, 4) is 0 Å². The standard InChI is InChI=1S/C26H34N2O2S/c1-3-4-5-6-7-8-9-13-24(29)27-22-12-10-11-21(18-22)26-28(25(30)19-31-26)23-16-14-20(2)15-17-23/h10-12,14-18,26H,3-9,13,19H2,1-2H3,(H,27,29). The minimum Gasteiger partial charge on any atom is -0.326 e. The molecule has 0 radical (unpaired) electrons. The smallest absolute Gasteiger partial charge is 0.238 e. The van der Waals surface area contributed by atoms with Gasteiger partial charge in [0.05, 0.1) is 5.75 Å². The molecule has 2 aromatic carbocycles. The molecule has 1 N–H and O–H groups in total. The van der Waals surface area contributed by atoms with Crippen molar-refractivity contribution >= 4 is 35.0 Å². The van der Waals surface area contributed by atoms with Crippen LogP contribution in [0.15, 0.2) is 48.5 Å². The van der Waals surface area contributed by atoms with E-state index in [1.165, 1.54) is 37.7 Å². The molecule has 0 bridgehead atoms. The summed E-state index contributed by atoms with van der Waals surface area (Å²) in [5.74, 6) is 0.649. The number of unbranched alkanes of at least 4 members (excludes halogenated alkanes) is 6. The second-order valence-corrected chi connectivity index (χ2v) is 9.38. The molecule has 5 heteroatoms. The summed E-state index contributed by atoms with van der Waals surface area (Å²) >= 11 is 1.63. The van der Waals surface area contributed by atoms with Gasteiger partial charge < -0.3 is 5.32 Å². The molecule has 1 aliphatic rings. The number of nitrogens with zero attached hydrogens (tertiary/aromatic N) is 1. The van der Waals surface area contributed by atoms with Crippen LogP contribution in [0.1, 0.15) is 74.8 Å². The third kappa shape index (κ3) is 6.86. The van der Waals surface area contributed by atoms with Crippen molar-refractivity contribution in [2.45, 2.75) is 70.6 Å². The van der Waals surface area contributed by atoms with E-state index in [9.17, 15) is 9.59 Å². The molecule has 2 aromatic rings. The van der Waals surface area contributed by atoms with Gasteiger partial charge in [-0.3, -0.25) is 14.5 Å². The van der Waals surface area contributed by atoms with Crippen LogP contribution in [0.2, 0.25) is 0 Å². The summed E-state index contributed by atoms with van der Waals surface area (Å²) in [5, 5.41) is 2.96. The molecule has 0 aliphatic carbocycles. The quantitative estimate of drug-likeness (QED) is 0.390.